The number of rotatable bonds is 3. The lowest BCUT2D eigenvalue weighted by Crippen LogP contribution is -2.23. The van der Waals surface area contributed by atoms with Gasteiger partial charge in [-0.25, -0.2) is 0 Å². The van der Waals surface area contributed by atoms with E-state index < -0.39 is 11.9 Å². The van der Waals surface area contributed by atoms with Gasteiger partial charge >= 0.3 is 0 Å². The summed E-state index contributed by atoms with van der Waals surface area (Å²) in [6, 6.07) is 0. The molecule has 0 aliphatic carbocycles. The van der Waals surface area contributed by atoms with Crippen LogP contribution in [-0.4, -0.2) is 18.5 Å². The van der Waals surface area contributed by atoms with Crippen molar-refractivity contribution in [2.75, 3.05) is 6.54 Å². The summed E-state index contributed by atoms with van der Waals surface area (Å²) < 4.78 is 0. The van der Waals surface area contributed by atoms with E-state index in [0.29, 0.717) is 18.7 Å². The van der Waals surface area contributed by atoms with Crippen LogP contribution in [0.25, 0.3) is 5.73 Å². The van der Waals surface area contributed by atoms with Crippen LogP contribution < -0.4 is 28.7 Å². The molecule has 0 radical (unpaired) electrons. The number of carboxylic acid groups (broad SMARTS) is 2. The second-order valence-electron chi connectivity index (χ2n) is 1.72. The Bertz CT molecular complexity index is 154. The SMILES string of the molecule is CCC[NH-].O=C([O-])/C=C\C(=O)[O-].[NH4+].[NH4+].[NH4+]. The second-order valence-corrected chi connectivity index (χ2v) is 1.72. The van der Waals surface area contributed by atoms with E-state index in [4.69, 9.17) is 5.73 Å². The topological polar surface area (TPSA) is 214 Å². The minimum Gasteiger partial charge on any atom is -0.677 e. The van der Waals surface area contributed by atoms with E-state index in [1.165, 1.54) is 0 Å². The summed E-state index contributed by atoms with van der Waals surface area (Å²) in [6.45, 7) is 2.56. The Morgan fingerprint density at radius 2 is 1.27 bits per heavy atom. The van der Waals surface area contributed by atoms with Gasteiger partial charge in [-0.3, -0.25) is 0 Å². The zero-order chi connectivity index (χ0) is 9.98. The number of hydrogen-bond acceptors (Lipinski definition) is 4. The molecule has 0 unspecified atom stereocenters. The number of hydrogen-bond donors (Lipinski definition) is 3. The molecule has 94 valence electrons. The molecule has 8 heteroatoms. The molecule has 13 N–H and O–H groups in total. The molecule has 0 saturated heterocycles. The van der Waals surface area contributed by atoms with Crippen LogP contribution in [0.3, 0.4) is 0 Å². The summed E-state index contributed by atoms with van der Waals surface area (Å²) >= 11 is 0. The summed E-state index contributed by atoms with van der Waals surface area (Å²) in [7, 11) is 0. The van der Waals surface area contributed by atoms with E-state index in [2.05, 4.69) is 0 Å². The molecular weight excluding hydrogens is 204 g/mol. The fourth-order valence-corrected chi connectivity index (χ4v) is 0.136. The van der Waals surface area contributed by atoms with Gasteiger partial charge in [-0.1, -0.05) is 13.3 Å². The summed E-state index contributed by atoms with van der Waals surface area (Å²) in [5.74, 6) is -3.09. The predicted molar refractivity (Wildman–Crippen MR) is 56.6 cm³/mol. The highest BCUT2D eigenvalue weighted by Gasteiger charge is 1.71. The maximum atomic E-state index is 9.41. The Kier molecular flexibility index (Phi) is 44.5. The molecule has 0 saturated carbocycles. The summed E-state index contributed by atoms with van der Waals surface area (Å²) in [5, 5.41) is 18.8. The molecule has 0 fully saturated rings. The zero-order valence-electron chi connectivity index (χ0n) is 9.70. The van der Waals surface area contributed by atoms with Crippen LogP contribution in [0.15, 0.2) is 12.2 Å². The number of carbonyl (C=O) groups is 2. The Morgan fingerprint density at radius 3 is 1.33 bits per heavy atom. The fraction of sp³-hybridized carbons (Fsp3) is 0.429. The Morgan fingerprint density at radius 1 is 1.07 bits per heavy atom. The van der Waals surface area contributed by atoms with Crippen molar-refractivity contribution in [1.29, 1.82) is 0 Å². The standard InChI is InChI=1S/C4H4O4.C3H8N.3H3N/c5-3(6)1-2-4(7)8;1-2-3-4;;;/h1-2H,(H,5,6)(H,7,8);4H,2-3H2,1H3;3*1H3/q;-1;;;/p+1/b2-1-;;;;. The Hall–Kier alpha value is -1.48. The first kappa shape index (κ1) is 29.2. The van der Waals surface area contributed by atoms with Crippen molar-refractivity contribution in [2.24, 2.45) is 0 Å². The normalized spacial score (nSPS) is 7.07. The van der Waals surface area contributed by atoms with Crippen molar-refractivity contribution in [3.8, 4) is 0 Å². The molecule has 0 atom stereocenters. The van der Waals surface area contributed by atoms with Gasteiger partial charge in [0, 0.05) is 0 Å². The van der Waals surface area contributed by atoms with E-state index in [9.17, 15) is 19.8 Å². The Balaban J connectivity index is -0.0000000424. The molecule has 0 aliphatic rings. The van der Waals surface area contributed by atoms with Gasteiger partial charge in [-0.05, 0) is 12.2 Å². The molecular formula is C7H22N4O4. The number of quaternary nitrogens is 3. The molecule has 0 aromatic carbocycles. The van der Waals surface area contributed by atoms with Crippen molar-refractivity contribution in [3.05, 3.63) is 17.9 Å². The summed E-state index contributed by atoms with van der Waals surface area (Å²) in [6.07, 6.45) is 1.75. The predicted octanol–water partition coefficient (Wildman–Crippen LogP) is -0.380. The number of carbonyl (C=O) groups excluding carboxylic acids is 2. The van der Waals surface area contributed by atoms with Crippen LogP contribution >= 0.6 is 0 Å². The second kappa shape index (κ2) is 22.9. The number of carboxylic acids is 2. The monoisotopic (exact) mass is 226 g/mol. The lowest BCUT2D eigenvalue weighted by atomic mass is 10.5. The third-order valence-corrected chi connectivity index (χ3v) is 0.605. The molecule has 0 aromatic heterocycles. The number of nitrogens with one attached hydrogen (secondary N) is 1. The highest BCUT2D eigenvalue weighted by atomic mass is 16.4. The van der Waals surface area contributed by atoms with Gasteiger partial charge in [0.05, 0.1) is 11.9 Å². The molecule has 0 bridgehead atoms. The molecule has 0 aliphatic heterocycles. The third kappa shape index (κ3) is 67.8. The van der Waals surface area contributed by atoms with Gasteiger partial charge in [0.25, 0.3) is 0 Å². The van der Waals surface area contributed by atoms with Crippen LogP contribution in [0.4, 0.5) is 0 Å². The lowest BCUT2D eigenvalue weighted by molar-refractivity contribution is -0.301. The average molecular weight is 226 g/mol. The van der Waals surface area contributed by atoms with Crippen molar-refractivity contribution in [2.45, 2.75) is 13.3 Å². The van der Waals surface area contributed by atoms with Gasteiger partial charge in [0.15, 0.2) is 0 Å². The highest BCUT2D eigenvalue weighted by Crippen LogP contribution is 1.67. The minimum atomic E-state index is -1.55. The van der Waals surface area contributed by atoms with Gasteiger partial charge in [0.2, 0.25) is 0 Å². The molecule has 15 heavy (non-hydrogen) atoms. The first-order chi connectivity index (χ1) is 5.54. The van der Waals surface area contributed by atoms with E-state index in [1.54, 1.807) is 0 Å². The minimum absolute atomic E-state index is 0. The van der Waals surface area contributed by atoms with Crippen molar-refractivity contribution in [3.63, 3.8) is 0 Å². The van der Waals surface area contributed by atoms with Gasteiger partial charge in [0.1, 0.15) is 0 Å². The van der Waals surface area contributed by atoms with E-state index in [0.717, 1.165) is 6.42 Å². The molecule has 0 aromatic rings. The maximum Gasteiger partial charge on any atom is 0.0643 e. The molecule has 0 rings (SSSR count). The van der Waals surface area contributed by atoms with Crippen LogP contribution in [0.5, 0.6) is 0 Å². The first-order valence-electron chi connectivity index (χ1n) is 3.29. The first-order valence-corrected chi connectivity index (χ1v) is 3.29. The average Bonchev–Trinajstić information content (AvgIpc) is 2.01. The largest absolute Gasteiger partial charge is 0.677 e. The smallest absolute Gasteiger partial charge is 0.0643 e. The van der Waals surface area contributed by atoms with Gasteiger partial charge in [-0.15, -0.1) is 0 Å². The number of aliphatic carboxylic acids is 2. The Labute approximate surface area is 88.9 Å². The lowest BCUT2D eigenvalue weighted by Gasteiger charge is -1.90. The van der Waals surface area contributed by atoms with Crippen molar-refractivity contribution >= 4 is 11.9 Å². The van der Waals surface area contributed by atoms with E-state index in [1.807, 2.05) is 6.92 Å². The van der Waals surface area contributed by atoms with Gasteiger partial charge < -0.3 is 44.0 Å². The van der Waals surface area contributed by atoms with Crippen LogP contribution in [0, 0.1) is 0 Å². The van der Waals surface area contributed by atoms with Crippen LogP contribution in [-0.2, 0) is 9.59 Å². The molecule has 0 spiro atoms. The van der Waals surface area contributed by atoms with E-state index >= 15 is 0 Å². The zero-order valence-corrected chi connectivity index (χ0v) is 9.70. The maximum absolute atomic E-state index is 9.41. The highest BCUT2D eigenvalue weighted by molar-refractivity contribution is 5.87. The fourth-order valence-electron chi connectivity index (χ4n) is 0.136. The molecule has 0 amide bonds. The van der Waals surface area contributed by atoms with Gasteiger partial charge in [-0.2, -0.15) is 6.54 Å². The van der Waals surface area contributed by atoms with Crippen LogP contribution in [0.1, 0.15) is 13.3 Å². The molecule has 8 nitrogen and oxygen atoms in total. The molecule has 0 heterocycles. The van der Waals surface area contributed by atoms with E-state index in [-0.39, 0.29) is 18.5 Å². The third-order valence-electron chi connectivity index (χ3n) is 0.605. The quantitative estimate of drug-likeness (QED) is 0.548. The summed E-state index contributed by atoms with van der Waals surface area (Å²) in [5.41, 5.74) is 6.45. The van der Waals surface area contributed by atoms with Crippen molar-refractivity contribution in [1.82, 2.24) is 18.5 Å². The van der Waals surface area contributed by atoms with Crippen LogP contribution in [0.2, 0.25) is 0 Å². The van der Waals surface area contributed by atoms with Crippen molar-refractivity contribution < 1.29 is 19.8 Å². The summed E-state index contributed by atoms with van der Waals surface area (Å²) in [4.78, 5) is 18.8.